The second kappa shape index (κ2) is 5.35. The van der Waals surface area contributed by atoms with Gasteiger partial charge in [0.2, 0.25) is 0 Å². The van der Waals surface area contributed by atoms with Crippen LogP contribution in [0.25, 0.3) is 0 Å². The fourth-order valence-electron chi connectivity index (χ4n) is 3.26. The largest absolute Gasteiger partial charge is 0.308 e. The first-order valence-corrected chi connectivity index (χ1v) is 6.95. The van der Waals surface area contributed by atoms with Crippen molar-refractivity contribution in [3.05, 3.63) is 23.8 Å². The number of hydrogen-bond donors (Lipinski definition) is 1. The van der Waals surface area contributed by atoms with Gasteiger partial charge in [-0.15, -0.1) is 0 Å². The molecule has 1 aliphatic rings. The monoisotopic (exact) mass is 247 g/mol. The summed E-state index contributed by atoms with van der Waals surface area (Å²) in [4.78, 5) is 8.68. The number of nitrogens with zero attached hydrogens (tertiary/aromatic N) is 2. The van der Waals surface area contributed by atoms with Crippen LogP contribution in [0.15, 0.2) is 12.4 Å². The van der Waals surface area contributed by atoms with Crippen LogP contribution in [0.2, 0.25) is 0 Å². The van der Waals surface area contributed by atoms with Crippen molar-refractivity contribution in [3.63, 3.8) is 0 Å². The Balaban J connectivity index is 1.88. The third-order valence-corrected chi connectivity index (χ3v) is 3.79. The molecule has 0 amide bonds. The van der Waals surface area contributed by atoms with Crippen molar-refractivity contribution in [1.82, 2.24) is 15.3 Å². The Morgan fingerprint density at radius 2 is 2.06 bits per heavy atom. The van der Waals surface area contributed by atoms with E-state index in [-0.39, 0.29) is 0 Å². The summed E-state index contributed by atoms with van der Waals surface area (Å²) < 4.78 is 0. The van der Waals surface area contributed by atoms with Crippen molar-refractivity contribution in [3.8, 4) is 0 Å². The molecule has 0 aromatic carbocycles. The van der Waals surface area contributed by atoms with E-state index in [9.17, 15) is 0 Å². The van der Waals surface area contributed by atoms with Crippen LogP contribution in [0.5, 0.6) is 0 Å². The average molecular weight is 247 g/mol. The van der Waals surface area contributed by atoms with Gasteiger partial charge in [0.1, 0.15) is 0 Å². The van der Waals surface area contributed by atoms with Crippen LogP contribution in [0.1, 0.15) is 51.4 Å². The quantitative estimate of drug-likeness (QED) is 0.892. The molecule has 0 spiro atoms. The van der Waals surface area contributed by atoms with E-state index < -0.39 is 0 Å². The predicted molar refractivity (Wildman–Crippen MR) is 74.2 cm³/mol. The van der Waals surface area contributed by atoms with Crippen LogP contribution < -0.4 is 5.32 Å². The zero-order chi connectivity index (χ0) is 13.2. The Bertz CT molecular complexity index is 383. The highest BCUT2D eigenvalue weighted by atomic mass is 14.9. The van der Waals surface area contributed by atoms with Crippen molar-refractivity contribution < 1.29 is 0 Å². The number of aromatic nitrogens is 2. The van der Waals surface area contributed by atoms with Crippen LogP contribution in [-0.2, 0) is 6.54 Å². The molecule has 1 saturated carbocycles. The number of aryl methyl sites for hydroxylation is 1. The molecule has 2 unspecified atom stereocenters. The summed E-state index contributed by atoms with van der Waals surface area (Å²) in [6, 6.07) is 0.617. The summed E-state index contributed by atoms with van der Waals surface area (Å²) in [7, 11) is 0. The van der Waals surface area contributed by atoms with Gasteiger partial charge in [-0.05, 0) is 37.5 Å². The molecule has 1 aromatic rings. The highest BCUT2D eigenvalue weighted by Crippen LogP contribution is 2.38. The fourth-order valence-corrected chi connectivity index (χ4v) is 3.26. The maximum atomic E-state index is 4.39. The van der Waals surface area contributed by atoms with Crippen LogP contribution in [0, 0.1) is 18.3 Å². The molecule has 0 bridgehead atoms. The van der Waals surface area contributed by atoms with Crippen LogP contribution in [0.4, 0.5) is 0 Å². The molecule has 0 saturated heterocycles. The molecule has 1 N–H and O–H groups in total. The summed E-state index contributed by atoms with van der Waals surface area (Å²) in [5, 5.41) is 3.64. The highest BCUT2D eigenvalue weighted by Gasteiger charge is 2.31. The summed E-state index contributed by atoms with van der Waals surface area (Å²) in [5.41, 5.74) is 2.48. The molecule has 1 aliphatic carbocycles. The van der Waals surface area contributed by atoms with E-state index in [0.29, 0.717) is 11.5 Å². The zero-order valence-electron chi connectivity index (χ0n) is 12.0. The molecular weight excluding hydrogens is 222 g/mol. The first-order chi connectivity index (χ1) is 8.44. The van der Waals surface area contributed by atoms with Gasteiger partial charge in [0.15, 0.2) is 0 Å². The lowest BCUT2D eigenvalue weighted by atomic mass is 9.70. The number of hydrogen-bond acceptors (Lipinski definition) is 3. The summed E-state index contributed by atoms with van der Waals surface area (Å²) in [6.45, 7) is 9.92. The average Bonchev–Trinajstić information content (AvgIpc) is 2.25. The van der Waals surface area contributed by atoms with Crippen LogP contribution >= 0.6 is 0 Å². The second-order valence-electron chi connectivity index (χ2n) is 6.64. The molecule has 3 heteroatoms. The standard InChI is InChI=1S/C15H25N3/c1-11-5-13(7-15(3,4)6-11)18-10-14-9-16-12(2)8-17-14/h8-9,11,13,18H,5-7,10H2,1-4H3. The van der Waals surface area contributed by atoms with E-state index in [0.717, 1.165) is 23.9 Å². The molecule has 18 heavy (non-hydrogen) atoms. The van der Waals surface area contributed by atoms with E-state index in [4.69, 9.17) is 0 Å². The zero-order valence-corrected chi connectivity index (χ0v) is 12.0. The Morgan fingerprint density at radius 1 is 1.28 bits per heavy atom. The van der Waals surface area contributed by atoms with Crippen LogP contribution in [0.3, 0.4) is 0 Å². The van der Waals surface area contributed by atoms with Gasteiger partial charge in [0, 0.05) is 25.0 Å². The minimum absolute atomic E-state index is 0.467. The van der Waals surface area contributed by atoms with Crippen molar-refractivity contribution in [2.45, 2.75) is 59.5 Å². The topological polar surface area (TPSA) is 37.8 Å². The Kier molecular flexibility index (Phi) is 4.00. The van der Waals surface area contributed by atoms with Crippen molar-refractivity contribution in [1.29, 1.82) is 0 Å². The highest BCUT2D eigenvalue weighted by molar-refractivity contribution is 5.00. The van der Waals surface area contributed by atoms with Gasteiger partial charge in [-0.1, -0.05) is 20.8 Å². The maximum absolute atomic E-state index is 4.39. The first kappa shape index (κ1) is 13.5. The second-order valence-corrected chi connectivity index (χ2v) is 6.64. The van der Waals surface area contributed by atoms with Crippen molar-refractivity contribution in [2.75, 3.05) is 0 Å². The van der Waals surface area contributed by atoms with Gasteiger partial charge >= 0.3 is 0 Å². The minimum Gasteiger partial charge on any atom is -0.308 e. The minimum atomic E-state index is 0.467. The molecule has 3 nitrogen and oxygen atoms in total. The number of rotatable bonds is 3. The third-order valence-electron chi connectivity index (χ3n) is 3.79. The Hall–Kier alpha value is -0.960. The predicted octanol–water partition coefficient (Wildman–Crippen LogP) is 3.09. The van der Waals surface area contributed by atoms with Gasteiger partial charge in [-0.2, -0.15) is 0 Å². The summed E-state index contributed by atoms with van der Waals surface area (Å²) in [5.74, 6) is 0.815. The molecule has 0 aliphatic heterocycles. The number of nitrogens with one attached hydrogen (secondary N) is 1. The van der Waals surface area contributed by atoms with E-state index >= 15 is 0 Å². The Labute approximate surface area is 110 Å². The first-order valence-electron chi connectivity index (χ1n) is 6.95. The Morgan fingerprint density at radius 3 is 2.67 bits per heavy atom. The molecule has 1 heterocycles. The molecule has 1 aromatic heterocycles. The normalized spacial score (nSPS) is 27.1. The van der Waals surface area contributed by atoms with Crippen molar-refractivity contribution >= 4 is 0 Å². The smallest absolute Gasteiger partial charge is 0.0724 e. The SMILES string of the molecule is Cc1cnc(CNC2CC(C)CC(C)(C)C2)cn1. The maximum Gasteiger partial charge on any atom is 0.0724 e. The lowest BCUT2D eigenvalue weighted by Gasteiger charge is -2.39. The van der Waals surface area contributed by atoms with Gasteiger partial charge in [0.05, 0.1) is 11.4 Å². The molecule has 100 valence electrons. The van der Waals surface area contributed by atoms with Crippen LogP contribution in [-0.4, -0.2) is 16.0 Å². The molecular formula is C15H25N3. The lowest BCUT2D eigenvalue weighted by molar-refractivity contribution is 0.150. The van der Waals surface area contributed by atoms with Gasteiger partial charge in [-0.3, -0.25) is 9.97 Å². The third kappa shape index (κ3) is 3.77. The molecule has 1 fully saturated rings. The summed E-state index contributed by atoms with van der Waals surface area (Å²) in [6.07, 6.45) is 7.60. The summed E-state index contributed by atoms with van der Waals surface area (Å²) >= 11 is 0. The fraction of sp³-hybridized carbons (Fsp3) is 0.733. The molecule has 0 radical (unpaired) electrons. The van der Waals surface area contributed by atoms with Crippen molar-refractivity contribution in [2.24, 2.45) is 11.3 Å². The van der Waals surface area contributed by atoms with E-state index in [2.05, 4.69) is 36.1 Å². The van der Waals surface area contributed by atoms with E-state index in [1.165, 1.54) is 19.3 Å². The van der Waals surface area contributed by atoms with E-state index in [1.54, 1.807) is 0 Å². The van der Waals surface area contributed by atoms with E-state index in [1.807, 2.05) is 19.3 Å². The molecule has 2 rings (SSSR count). The molecule has 2 atom stereocenters. The van der Waals surface area contributed by atoms with Gasteiger partial charge in [0.25, 0.3) is 0 Å². The lowest BCUT2D eigenvalue weighted by Crippen LogP contribution is -2.39. The van der Waals surface area contributed by atoms with Gasteiger partial charge in [-0.25, -0.2) is 0 Å². The van der Waals surface area contributed by atoms with Gasteiger partial charge < -0.3 is 5.32 Å².